The molecule has 0 radical (unpaired) electrons. The number of benzene rings is 1. The first-order valence-electron chi connectivity index (χ1n) is 8.12. The lowest BCUT2D eigenvalue weighted by Crippen LogP contribution is -2.38. The second kappa shape index (κ2) is 8.28. The highest BCUT2D eigenvalue weighted by Crippen LogP contribution is 2.17. The van der Waals surface area contributed by atoms with E-state index in [2.05, 4.69) is 0 Å². The van der Waals surface area contributed by atoms with Gasteiger partial charge in [0.1, 0.15) is 0 Å². The lowest BCUT2D eigenvalue weighted by molar-refractivity contribution is -0.145. The van der Waals surface area contributed by atoms with Crippen LogP contribution in [0.4, 0.5) is 0 Å². The molecule has 1 saturated heterocycles. The maximum absolute atomic E-state index is 12.3. The molecule has 0 saturated carbocycles. The lowest BCUT2D eigenvalue weighted by Gasteiger charge is -2.27. The topological polar surface area (TPSA) is 91.8 Å². The third kappa shape index (κ3) is 5.63. The van der Waals surface area contributed by atoms with Gasteiger partial charge in [0.25, 0.3) is 0 Å². The number of likely N-dealkylation sites (tertiary alicyclic amines) is 1. The summed E-state index contributed by atoms with van der Waals surface area (Å²) in [5.74, 6) is -3.44. The molecule has 1 fully saturated rings. The van der Waals surface area contributed by atoms with Gasteiger partial charge >= 0.3 is 5.97 Å². The number of hydrogen-bond donors (Lipinski definition) is 1. The molecule has 0 aromatic heterocycles. The van der Waals surface area contributed by atoms with Crippen LogP contribution in [0.3, 0.4) is 0 Å². The van der Waals surface area contributed by atoms with Crippen molar-refractivity contribution >= 4 is 21.7 Å². The summed E-state index contributed by atoms with van der Waals surface area (Å²) in [6.45, 7) is 1.25. The van der Waals surface area contributed by atoms with Gasteiger partial charge in [0, 0.05) is 19.5 Å². The van der Waals surface area contributed by atoms with Crippen LogP contribution in [-0.4, -0.2) is 49.1 Å². The monoisotopic (exact) mass is 353 g/mol. The Hall–Kier alpha value is -1.89. The summed E-state index contributed by atoms with van der Waals surface area (Å²) < 4.78 is 24.6. The zero-order chi connectivity index (χ0) is 17.6. The molecular formula is C17H23NO5S. The molecule has 1 aromatic rings. The first kappa shape index (κ1) is 18.4. The standard InChI is InChI=1S/C17H23NO5S/c19-16(18-9-5-2-6-10-18)11-15(17(20)21)13-24(22,23)12-14-7-3-1-4-8-14/h1,3-4,7-8,15H,2,5-6,9-13H2,(H,20,21)/t15-/m0/s1. The van der Waals surface area contributed by atoms with Crippen LogP contribution in [-0.2, 0) is 25.2 Å². The quantitative estimate of drug-likeness (QED) is 0.805. The van der Waals surface area contributed by atoms with Gasteiger partial charge in [-0.1, -0.05) is 30.3 Å². The van der Waals surface area contributed by atoms with Crippen molar-refractivity contribution in [2.75, 3.05) is 18.8 Å². The Morgan fingerprint density at radius 1 is 1.08 bits per heavy atom. The van der Waals surface area contributed by atoms with Crippen molar-refractivity contribution in [3.63, 3.8) is 0 Å². The molecule has 0 spiro atoms. The molecule has 1 heterocycles. The van der Waals surface area contributed by atoms with E-state index in [1.807, 2.05) is 0 Å². The highest BCUT2D eigenvalue weighted by molar-refractivity contribution is 7.90. The summed E-state index contributed by atoms with van der Waals surface area (Å²) in [4.78, 5) is 25.3. The van der Waals surface area contributed by atoms with Gasteiger partial charge < -0.3 is 10.0 Å². The predicted octanol–water partition coefficient (Wildman–Crippen LogP) is 1.70. The number of amides is 1. The molecule has 6 nitrogen and oxygen atoms in total. The molecule has 0 bridgehead atoms. The Balaban J connectivity index is 1.99. The molecular weight excluding hydrogens is 330 g/mol. The van der Waals surface area contributed by atoms with Gasteiger partial charge in [-0.3, -0.25) is 9.59 Å². The van der Waals surface area contributed by atoms with E-state index in [1.54, 1.807) is 35.2 Å². The average Bonchev–Trinajstić information content (AvgIpc) is 2.55. The highest BCUT2D eigenvalue weighted by atomic mass is 32.2. The van der Waals surface area contributed by atoms with Crippen LogP contribution in [0, 0.1) is 5.92 Å². The van der Waals surface area contributed by atoms with Gasteiger partial charge in [-0.25, -0.2) is 8.42 Å². The molecule has 1 N–H and O–H groups in total. The number of rotatable bonds is 7. The first-order chi connectivity index (χ1) is 11.4. The molecule has 1 amide bonds. The van der Waals surface area contributed by atoms with E-state index < -0.39 is 27.5 Å². The Bertz CT molecular complexity index is 665. The molecule has 1 aliphatic heterocycles. The molecule has 1 atom stereocenters. The highest BCUT2D eigenvalue weighted by Gasteiger charge is 2.30. The van der Waals surface area contributed by atoms with E-state index in [0.29, 0.717) is 18.7 Å². The Labute approximate surface area is 142 Å². The molecule has 1 aromatic carbocycles. The number of nitrogens with zero attached hydrogens (tertiary/aromatic N) is 1. The van der Waals surface area contributed by atoms with Crippen LogP contribution in [0.5, 0.6) is 0 Å². The van der Waals surface area contributed by atoms with Gasteiger partial charge in [0.2, 0.25) is 5.91 Å². The van der Waals surface area contributed by atoms with Crippen LogP contribution in [0.2, 0.25) is 0 Å². The van der Waals surface area contributed by atoms with Crippen molar-refractivity contribution in [1.82, 2.24) is 4.90 Å². The summed E-state index contributed by atoms with van der Waals surface area (Å²) in [5, 5.41) is 9.31. The van der Waals surface area contributed by atoms with E-state index in [1.165, 1.54) is 0 Å². The number of carboxylic acids is 1. The van der Waals surface area contributed by atoms with Gasteiger partial charge in [0.15, 0.2) is 9.84 Å². The molecule has 7 heteroatoms. The number of hydrogen-bond acceptors (Lipinski definition) is 4. The zero-order valence-corrected chi connectivity index (χ0v) is 14.4. The van der Waals surface area contributed by atoms with Crippen LogP contribution in [0.15, 0.2) is 30.3 Å². The van der Waals surface area contributed by atoms with E-state index >= 15 is 0 Å². The molecule has 0 aliphatic carbocycles. The maximum atomic E-state index is 12.3. The van der Waals surface area contributed by atoms with E-state index in [0.717, 1.165) is 19.3 Å². The van der Waals surface area contributed by atoms with Crippen molar-refractivity contribution in [3.05, 3.63) is 35.9 Å². The minimum absolute atomic E-state index is 0.213. The van der Waals surface area contributed by atoms with Crippen molar-refractivity contribution in [2.24, 2.45) is 5.92 Å². The smallest absolute Gasteiger partial charge is 0.308 e. The minimum atomic E-state index is -3.61. The molecule has 1 aliphatic rings. The maximum Gasteiger partial charge on any atom is 0.308 e. The summed E-state index contributed by atoms with van der Waals surface area (Å²) in [5.41, 5.74) is 0.615. The van der Waals surface area contributed by atoms with Gasteiger partial charge in [-0.05, 0) is 24.8 Å². The van der Waals surface area contributed by atoms with Crippen LogP contribution in [0.25, 0.3) is 0 Å². The molecule has 2 rings (SSSR count). The van der Waals surface area contributed by atoms with Crippen LogP contribution < -0.4 is 0 Å². The van der Waals surface area contributed by atoms with Crippen molar-refractivity contribution in [3.8, 4) is 0 Å². The molecule has 0 unspecified atom stereocenters. The van der Waals surface area contributed by atoms with Gasteiger partial charge in [0.05, 0.1) is 17.4 Å². The van der Waals surface area contributed by atoms with Crippen LogP contribution in [0.1, 0.15) is 31.2 Å². The fourth-order valence-corrected chi connectivity index (χ4v) is 4.59. The lowest BCUT2D eigenvalue weighted by atomic mass is 10.1. The molecule has 24 heavy (non-hydrogen) atoms. The minimum Gasteiger partial charge on any atom is -0.481 e. The fraction of sp³-hybridized carbons (Fsp3) is 0.529. The number of carbonyl (C=O) groups excluding carboxylic acids is 1. The largest absolute Gasteiger partial charge is 0.481 e. The van der Waals surface area contributed by atoms with Gasteiger partial charge in [-0.2, -0.15) is 0 Å². The van der Waals surface area contributed by atoms with Gasteiger partial charge in [-0.15, -0.1) is 0 Å². The normalized spacial score (nSPS) is 16.6. The summed E-state index contributed by atoms with van der Waals surface area (Å²) >= 11 is 0. The summed E-state index contributed by atoms with van der Waals surface area (Å²) in [6.07, 6.45) is 2.63. The number of carbonyl (C=O) groups is 2. The van der Waals surface area contributed by atoms with E-state index in [4.69, 9.17) is 0 Å². The van der Waals surface area contributed by atoms with E-state index in [-0.39, 0.29) is 18.1 Å². The Morgan fingerprint density at radius 3 is 2.29 bits per heavy atom. The third-order valence-electron chi connectivity index (χ3n) is 4.16. The Morgan fingerprint density at radius 2 is 1.71 bits per heavy atom. The summed E-state index contributed by atoms with van der Waals surface area (Å²) in [6, 6.07) is 8.63. The third-order valence-corrected chi connectivity index (χ3v) is 5.85. The number of piperidine rings is 1. The second-order valence-electron chi connectivity index (χ2n) is 6.22. The fourth-order valence-electron chi connectivity index (χ4n) is 2.89. The second-order valence-corrected chi connectivity index (χ2v) is 8.33. The zero-order valence-electron chi connectivity index (χ0n) is 13.6. The number of aliphatic carboxylic acids is 1. The van der Waals surface area contributed by atoms with Crippen molar-refractivity contribution in [1.29, 1.82) is 0 Å². The number of carboxylic acid groups (broad SMARTS) is 1. The SMILES string of the molecule is O=C(O)[C@@H](CC(=O)N1CCCCC1)CS(=O)(=O)Cc1ccccc1. The predicted molar refractivity (Wildman–Crippen MR) is 90.1 cm³/mol. The van der Waals surface area contributed by atoms with Crippen molar-refractivity contribution < 1.29 is 23.1 Å². The molecule has 132 valence electrons. The Kier molecular flexibility index (Phi) is 6.36. The van der Waals surface area contributed by atoms with E-state index in [9.17, 15) is 23.1 Å². The first-order valence-corrected chi connectivity index (χ1v) is 9.94. The average molecular weight is 353 g/mol. The van der Waals surface area contributed by atoms with Crippen LogP contribution >= 0.6 is 0 Å². The van der Waals surface area contributed by atoms with Crippen molar-refractivity contribution in [2.45, 2.75) is 31.4 Å². The number of sulfone groups is 1. The summed E-state index contributed by atoms with van der Waals surface area (Å²) in [7, 11) is -3.61.